The first kappa shape index (κ1) is 17.1. The Kier molecular flexibility index (Phi) is 4.65. The summed E-state index contributed by atoms with van der Waals surface area (Å²) < 4.78 is 1.98. The number of hydrogen-bond acceptors (Lipinski definition) is 6. The van der Waals surface area contributed by atoms with E-state index < -0.39 is 0 Å². The van der Waals surface area contributed by atoms with Gasteiger partial charge in [-0.25, -0.2) is 9.97 Å². The van der Waals surface area contributed by atoms with Crippen molar-refractivity contribution in [1.29, 1.82) is 0 Å². The second-order valence-corrected chi connectivity index (χ2v) is 6.93. The summed E-state index contributed by atoms with van der Waals surface area (Å²) in [6.07, 6.45) is 1.62. The summed E-state index contributed by atoms with van der Waals surface area (Å²) in [5.41, 5.74) is 2.93. The monoisotopic (exact) mass is 371 g/mol. The minimum absolute atomic E-state index is 0.617. The highest BCUT2D eigenvalue weighted by Crippen LogP contribution is 2.25. The largest absolute Gasteiger partial charge is 0.366 e. The van der Waals surface area contributed by atoms with E-state index in [4.69, 9.17) is 11.6 Å². The number of nitrogens with one attached hydrogen (secondary N) is 2. The zero-order chi connectivity index (χ0) is 18.1. The highest BCUT2D eigenvalue weighted by atomic mass is 35.5. The summed E-state index contributed by atoms with van der Waals surface area (Å²) in [5.74, 6) is 1.98. The molecule has 8 heteroatoms. The molecular formula is C18H22ClN7. The summed E-state index contributed by atoms with van der Waals surface area (Å²) >= 11 is 5.99. The van der Waals surface area contributed by atoms with Gasteiger partial charge in [-0.3, -0.25) is 4.68 Å². The molecule has 0 spiro atoms. The van der Waals surface area contributed by atoms with E-state index in [1.807, 2.05) is 29.9 Å². The van der Waals surface area contributed by atoms with Gasteiger partial charge < -0.3 is 15.5 Å². The highest BCUT2D eigenvalue weighted by Gasteiger charge is 2.20. The molecule has 1 fully saturated rings. The lowest BCUT2D eigenvalue weighted by Crippen LogP contribution is -2.44. The Morgan fingerprint density at radius 1 is 1.27 bits per heavy atom. The smallest absolute Gasteiger partial charge is 0.161 e. The van der Waals surface area contributed by atoms with E-state index in [1.54, 1.807) is 6.20 Å². The van der Waals surface area contributed by atoms with Crippen LogP contribution >= 0.6 is 11.6 Å². The van der Waals surface area contributed by atoms with Gasteiger partial charge in [0.15, 0.2) is 5.65 Å². The average molecular weight is 372 g/mol. The minimum Gasteiger partial charge on any atom is -0.366 e. The Labute approximate surface area is 157 Å². The lowest BCUT2D eigenvalue weighted by atomic mass is 10.2. The predicted octanol–water partition coefficient (Wildman–Crippen LogP) is 2.35. The van der Waals surface area contributed by atoms with E-state index in [-0.39, 0.29) is 0 Å². The molecule has 4 heterocycles. The number of piperazine rings is 1. The van der Waals surface area contributed by atoms with Crippen molar-refractivity contribution in [3.05, 3.63) is 40.7 Å². The molecule has 3 aromatic heterocycles. The lowest BCUT2D eigenvalue weighted by Gasteiger charge is -2.30. The number of nitrogens with zero attached hydrogens (tertiary/aromatic N) is 5. The van der Waals surface area contributed by atoms with Crippen LogP contribution in [0.25, 0.3) is 11.0 Å². The predicted molar refractivity (Wildman–Crippen MR) is 105 cm³/mol. The first-order valence-electron chi connectivity index (χ1n) is 8.76. The number of halogens is 1. The fraction of sp³-hybridized carbons (Fsp3) is 0.389. The highest BCUT2D eigenvalue weighted by molar-refractivity contribution is 6.31. The van der Waals surface area contributed by atoms with Gasteiger partial charge in [0.25, 0.3) is 0 Å². The Balaban J connectivity index is 1.57. The van der Waals surface area contributed by atoms with E-state index in [0.717, 1.165) is 43.1 Å². The van der Waals surface area contributed by atoms with E-state index in [2.05, 4.69) is 37.5 Å². The van der Waals surface area contributed by atoms with Crippen LogP contribution in [-0.2, 0) is 13.6 Å². The maximum Gasteiger partial charge on any atom is 0.161 e. The molecule has 0 atom stereocenters. The molecule has 136 valence electrons. The number of fused-ring (bicyclic) bond motifs is 1. The van der Waals surface area contributed by atoms with Crippen molar-refractivity contribution < 1.29 is 0 Å². The molecule has 1 aliphatic rings. The number of rotatable bonds is 4. The summed E-state index contributed by atoms with van der Waals surface area (Å²) in [7, 11) is 2.01. The number of aryl methyl sites for hydroxylation is 2. The maximum absolute atomic E-state index is 5.99. The van der Waals surface area contributed by atoms with Gasteiger partial charge in [-0.05, 0) is 25.1 Å². The number of aromatic nitrogens is 4. The van der Waals surface area contributed by atoms with Gasteiger partial charge in [-0.15, -0.1) is 0 Å². The molecule has 2 N–H and O–H groups in total. The summed E-state index contributed by atoms with van der Waals surface area (Å²) in [6.45, 7) is 6.70. The molecule has 1 saturated heterocycles. The van der Waals surface area contributed by atoms with Crippen molar-refractivity contribution in [1.82, 2.24) is 25.1 Å². The van der Waals surface area contributed by atoms with Gasteiger partial charge >= 0.3 is 0 Å². The van der Waals surface area contributed by atoms with Crippen LogP contribution in [0.5, 0.6) is 0 Å². The first-order valence-corrected chi connectivity index (χ1v) is 9.14. The number of hydrogen-bond donors (Lipinski definition) is 2. The average Bonchev–Trinajstić information content (AvgIpc) is 2.93. The normalized spacial score (nSPS) is 14.8. The quantitative estimate of drug-likeness (QED) is 0.733. The van der Waals surface area contributed by atoms with Crippen molar-refractivity contribution in [3.8, 4) is 0 Å². The van der Waals surface area contributed by atoms with E-state index >= 15 is 0 Å². The third-order valence-electron chi connectivity index (χ3n) is 4.68. The third-order valence-corrected chi connectivity index (χ3v) is 4.89. The van der Waals surface area contributed by atoms with Crippen molar-refractivity contribution in [2.75, 3.05) is 36.4 Å². The molecule has 4 rings (SSSR count). The minimum atomic E-state index is 0.617. The summed E-state index contributed by atoms with van der Waals surface area (Å²) in [4.78, 5) is 11.3. The topological polar surface area (TPSA) is 70.9 Å². The Hall–Kier alpha value is -2.38. The molecule has 0 bridgehead atoms. The standard InChI is InChI=1S/C18H22ClN7/c1-12-15(18(25(2)24-12)26-7-5-20-6-8-26)11-21-16-4-3-13-9-14(19)10-22-17(13)23-16/h3-4,9-10,20H,5-8,11H2,1-2H3,(H,21,22,23). The van der Waals surface area contributed by atoms with E-state index in [0.29, 0.717) is 17.2 Å². The van der Waals surface area contributed by atoms with Gasteiger partial charge in [0.1, 0.15) is 11.6 Å². The Bertz CT molecular complexity index is 931. The van der Waals surface area contributed by atoms with Crippen LogP contribution in [0.1, 0.15) is 11.3 Å². The molecule has 0 radical (unpaired) electrons. The Morgan fingerprint density at radius 3 is 2.88 bits per heavy atom. The second-order valence-electron chi connectivity index (χ2n) is 6.50. The van der Waals surface area contributed by atoms with Crippen molar-refractivity contribution in [2.24, 2.45) is 7.05 Å². The number of pyridine rings is 2. The molecule has 3 aromatic rings. The summed E-state index contributed by atoms with van der Waals surface area (Å²) in [6, 6.07) is 5.81. The molecule has 7 nitrogen and oxygen atoms in total. The van der Waals surface area contributed by atoms with Crippen LogP contribution in [0.3, 0.4) is 0 Å². The zero-order valence-corrected chi connectivity index (χ0v) is 15.7. The van der Waals surface area contributed by atoms with Crippen molar-refractivity contribution in [2.45, 2.75) is 13.5 Å². The van der Waals surface area contributed by atoms with Crippen LogP contribution in [0.15, 0.2) is 24.4 Å². The van der Waals surface area contributed by atoms with Gasteiger partial charge in [0, 0.05) is 56.9 Å². The van der Waals surface area contributed by atoms with Crippen LogP contribution in [0, 0.1) is 6.92 Å². The Morgan fingerprint density at radius 2 is 2.08 bits per heavy atom. The van der Waals surface area contributed by atoms with Gasteiger partial charge in [0.2, 0.25) is 0 Å². The van der Waals surface area contributed by atoms with Gasteiger partial charge in [-0.2, -0.15) is 5.10 Å². The zero-order valence-electron chi connectivity index (χ0n) is 15.0. The fourth-order valence-corrected chi connectivity index (χ4v) is 3.60. The molecule has 0 aromatic carbocycles. The second kappa shape index (κ2) is 7.09. The number of anilines is 2. The van der Waals surface area contributed by atoms with Crippen LogP contribution in [0.4, 0.5) is 11.6 Å². The third kappa shape index (κ3) is 3.32. The van der Waals surface area contributed by atoms with Crippen LogP contribution in [0.2, 0.25) is 5.02 Å². The van der Waals surface area contributed by atoms with Crippen molar-refractivity contribution in [3.63, 3.8) is 0 Å². The molecular weight excluding hydrogens is 350 g/mol. The van der Waals surface area contributed by atoms with Gasteiger partial charge in [-0.1, -0.05) is 11.6 Å². The molecule has 0 aliphatic carbocycles. The lowest BCUT2D eigenvalue weighted by molar-refractivity contribution is 0.571. The van der Waals surface area contributed by atoms with Crippen LogP contribution < -0.4 is 15.5 Å². The molecule has 0 unspecified atom stereocenters. The first-order chi connectivity index (χ1) is 12.6. The van der Waals surface area contributed by atoms with E-state index in [9.17, 15) is 0 Å². The molecule has 0 amide bonds. The SMILES string of the molecule is Cc1nn(C)c(N2CCNCC2)c1CNc1ccc2cc(Cl)cnc2n1. The van der Waals surface area contributed by atoms with Crippen LogP contribution in [-0.4, -0.2) is 45.9 Å². The van der Waals surface area contributed by atoms with Crippen molar-refractivity contribution >= 4 is 34.3 Å². The van der Waals surface area contributed by atoms with E-state index in [1.165, 1.54) is 11.4 Å². The maximum atomic E-state index is 5.99. The molecule has 1 aliphatic heterocycles. The summed E-state index contributed by atoms with van der Waals surface area (Å²) in [5, 5.41) is 13.0. The molecule has 0 saturated carbocycles. The van der Waals surface area contributed by atoms with Gasteiger partial charge in [0.05, 0.1) is 10.7 Å². The molecule has 26 heavy (non-hydrogen) atoms. The fourth-order valence-electron chi connectivity index (χ4n) is 3.43.